The molecule has 1 aliphatic rings. The minimum absolute atomic E-state index is 0.111. The summed E-state index contributed by atoms with van der Waals surface area (Å²) in [6.45, 7) is 1.67. The third-order valence-electron chi connectivity index (χ3n) is 2.63. The molecule has 0 aliphatic heterocycles. The zero-order chi connectivity index (χ0) is 8.27. The van der Waals surface area contributed by atoms with Gasteiger partial charge in [0.1, 0.15) is 5.78 Å². The van der Waals surface area contributed by atoms with E-state index < -0.39 is 0 Å². The minimum atomic E-state index is 0.111. The Labute approximate surface area is 68.4 Å². The highest BCUT2D eigenvalue weighted by Gasteiger charge is 2.23. The van der Waals surface area contributed by atoms with Crippen molar-refractivity contribution >= 4 is 5.78 Å². The van der Waals surface area contributed by atoms with E-state index in [9.17, 15) is 4.79 Å². The van der Waals surface area contributed by atoms with Gasteiger partial charge in [0.15, 0.2) is 0 Å². The summed E-state index contributed by atoms with van der Waals surface area (Å²) >= 11 is 0. The number of hydrogen-bond acceptors (Lipinski definition) is 2. The van der Waals surface area contributed by atoms with Gasteiger partial charge in [0, 0.05) is 0 Å². The molecule has 0 heterocycles. The molecule has 1 rings (SSSR count). The summed E-state index contributed by atoms with van der Waals surface area (Å²) in [5, 5.41) is 3.05. The van der Waals surface area contributed by atoms with Gasteiger partial charge < -0.3 is 5.32 Å². The van der Waals surface area contributed by atoms with Crippen molar-refractivity contribution in [1.29, 1.82) is 0 Å². The van der Waals surface area contributed by atoms with Crippen LogP contribution in [0.1, 0.15) is 32.6 Å². The molecule has 1 N–H and O–H groups in total. The highest BCUT2D eigenvalue weighted by atomic mass is 16.1. The van der Waals surface area contributed by atoms with Gasteiger partial charge in [-0.25, -0.2) is 0 Å². The van der Waals surface area contributed by atoms with Crippen LogP contribution in [-0.2, 0) is 4.79 Å². The fourth-order valence-corrected chi connectivity index (χ4v) is 1.55. The molecule has 11 heavy (non-hydrogen) atoms. The quantitative estimate of drug-likeness (QED) is 0.664. The third kappa shape index (κ3) is 2.29. The number of hydrogen-bond donors (Lipinski definition) is 1. The van der Waals surface area contributed by atoms with Crippen LogP contribution in [0.15, 0.2) is 0 Å². The number of rotatable bonds is 4. The van der Waals surface area contributed by atoms with E-state index in [1.54, 1.807) is 6.92 Å². The molecule has 0 spiro atoms. The maximum absolute atomic E-state index is 11.0. The van der Waals surface area contributed by atoms with Gasteiger partial charge in [-0.3, -0.25) is 4.79 Å². The first-order valence-electron chi connectivity index (χ1n) is 4.41. The monoisotopic (exact) mass is 155 g/mol. The van der Waals surface area contributed by atoms with Gasteiger partial charge in [0.2, 0.25) is 0 Å². The molecule has 0 saturated heterocycles. The molecule has 0 bridgehead atoms. The Kier molecular flexibility index (Phi) is 3.06. The fraction of sp³-hybridized carbons (Fsp3) is 0.889. The predicted molar refractivity (Wildman–Crippen MR) is 45.5 cm³/mol. The van der Waals surface area contributed by atoms with Gasteiger partial charge >= 0.3 is 0 Å². The SMILES string of the molecule is CN[C@@H](CC1CCC1)C(C)=O. The van der Waals surface area contributed by atoms with Crippen LogP contribution in [0, 0.1) is 5.92 Å². The second-order valence-corrected chi connectivity index (χ2v) is 3.48. The van der Waals surface area contributed by atoms with Gasteiger partial charge in [0.05, 0.1) is 6.04 Å². The van der Waals surface area contributed by atoms with E-state index in [0.29, 0.717) is 0 Å². The predicted octanol–water partition coefficient (Wildman–Crippen LogP) is 1.35. The van der Waals surface area contributed by atoms with Crippen molar-refractivity contribution in [2.24, 2.45) is 5.92 Å². The number of likely N-dealkylation sites (N-methyl/N-ethyl adjacent to an activating group) is 1. The lowest BCUT2D eigenvalue weighted by Crippen LogP contribution is -2.35. The molecule has 0 amide bonds. The summed E-state index contributed by atoms with van der Waals surface area (Å²) in [6, 6.07) is 0.111. The Hall–Kier alpha value is -0.370. The number of nitrogens with one attached hydrogen (secondary N) is 1. The molecule has 2 nitrogen and oxygen atoms in total. The van der Waals surface area contributed by atoms with Crippen molar-refractivity contribution in [2.75, 3.05) is 7.05 Å². The standard InChI is InChI=1S/C9H17NO/c1-7(11)9(10-2)6-8-4-3-5-8/h8-10H,3-6H2,1-2H3/t9-/m0/s1. The second-order valence-electron chi connectivity index (χ2n) is 3.48. The van der Waals surface area contributed by atoms with Gasteiger partial charge in [-0.1, -0.05) is 19.3 Å². The van der Waals surface area contributed by atoms with E-state index in [1.807, 2.05) is 7.05 Å². The summed E-state index contributed by atoms with van der Waals surface area (Å²) in [5.41, 5.74) is 0. The lowest BCUT2D eigenvalue weighted by atomic mass is 9.80. The van der Waals surface area contributed by atoms with Crippen LogP contribution in [0.5, 0.6) is 0 Å². The van der Waals surface area contributed by atoms with Gasteiger partial charge in [-0.05, 0) is 26.3 Å². The zero-order valence-corrected chi connectivity index (χ0v) is 7.39. The van der Waals surface area contributed by atoms with Gasteiger partial charge in [-0.2, -0.15) is 0 Å². The molecule has 0 radical (unpaired) electrons. The summed E-state index contributed by atoms with van der Waals surface area (Å²) in [4.78, 5) is 11.0. The lowest BCUT2D eigenvalue weighted by Gasteiger charge is -2.28. The van der Waals surface area contributed by atoms with Crippen molar-refractivity contribution in [1.82, 2.24) is 5.32 Å². The molecule has 1 aliphatic carbocycles. The van der Waals surface area contributed by atoms with Gasteiger partial charge in [-0.15, -0.1) is 0 Å². The maximum atomic E-state index is 11.0. The molecule has 0 unspecified atom stereocenters. The fourth-order valence-electron chi connectivity index (χ4n) is 1.55. The number of Topliss-reactive ketones (excluding diaryl/α,β-unsaturated/α-hetero) is 1. The molecule has 0 aromatic heterocycles. The van der Waals surface area contributed by atoms with Crippen LogP contribution in [0.3, 0.4) is 0 Å². The van der Waals surface area contributed by atoms with E-state index in [1.165, 1.54) is 19.3 Å². The first-order valence-corrected chi connectivity index (χ1v) is 4.41. The molecule has 1 atom stereocenters. The van der Waals surface area contributed by atoms with E-state index in [4.69, 9.17) is 0 Å². The van der Waals surface area contributed by atoms with Crippen molar-refractivity contribution < 1.29 is 4.79 Å². The Morgan fingerprint density at radius 3 is 2.55 bits per heavy atom. The first-order chi connectivity index (χ1) is 5.24. The molecule has 0 aromatic carbocycles. The van der Waals surface area contributed by atoms with E-state index >= 15 is 0 Å². The Bertz CT molecular complexity index is 140. The smallest absolute Gasteiger partial charge is 0.146 e. The van der Waals surface area contributed by atoms with Crippen LogP contribution >= 0.6 is 0 Å². The normalized spacial score (nSPS) is 20.9. The Balaban J connectivity index is 2.24. The Morgan fingerprint density at radius 2 is 2.27 bits per heavy atom. The summed E-state index contributed by atoms with van der Waals surface area (Å²) in [7, 11) is 1.87. The van der Waals surface area contributed by atoms with E-state index in [0.717, 1.165) is 12.3 Å². The highest BCUT2D eigenvalue weighted by molar-refractivity contribution is 5.81. The third-order valence-corrected chi connectivity index (χ3v) is 2.63. The first kappa shape index (κ1) is 8.72. The van der Waals surface area contributed by atoms with Crippen molar-refractivity contribution in [3.63, 3.8) is 0 Å². The highest BCUT2D eigenvalue weighted by Crippen LogP contribution is 2.30. The van der Waals surface area contributed by atoms with Crippen LogP contribution < -0.4 is 5.32 Å². The molecule has 2 heteroatoms. The molecule has 64 valence electrons. The van der Waals surface area contributed by atoms with Crippen LogP contribution in [0.4, 0.5) is 0 Å². The summed E-state index contributed by atoms with van der Waals surface area (Å²) in [6.07, 6.45) is 5.06. The molecule has 1 saturated carbocycles. The average molecular weight is 155 g/mol. The van der Waals surface area contributed by atoms with E-state index in [2.05, 4.69) is 5.32 Å². The molecule has 0 aromatic rings. The number of carbonyl (C=O) groups excluding carboxylic acids is 1. The minimum Gasteiger partial charge on any atom is -0.311 e. The summed E-state index contributed by atoms with van der Waals surface area (Å²) in [5.74, 6) is 1.09. The Morgan fingerprint density at radius 1 is 1.64 bits per heavy atom. The number of carbonyl (C=O) groups is 1. The van der Waals surface area contributed by atoms with Crippen LogP contribution in [0.25, 0.3) is 0 Å². The largest absolute Gasteiger partial charge is 0.311 e. The van der Waals surface area contributed by atoms with E-state index in [-0.39, 0.29) is 11.8 Å². The topological polar surface area (TPSA) is 29.1 Å². The van der Waals surface area contributed by atoms with Crippen molar-refractivity contribution in [3.05, 3.63) is 0 Å². The lowest BCUT2D eigenvalue weighted by molar-refractivity contribution is -0.119. The van der Waals surface area contributed by atoms with Crippen LogP contribution in [-0.4, -0.2) is 18.9 Å². The average Bonchev–Trinajstić information content (AvgIpc) is 1.85. The molecular weight excluding hydrogens is 138 g/mol. The molecular formula is C9H17NO. The van der Waals surface area contributed by atoms with Crippen LogP contribution in [0.2, 0.25) is 0 Å². The maximum Gasteiger partial charge on any atom is 0.146 e. The zero-order valence-electron chi connectivity index (χ0n) is 7.39. The van der Waals surface area contributed by atoms with Crippen molar-refractivity contribution in [2.45, 2.75) is 38.6 Å². The summed E-state index contributed by atoms with van der Waals surface area (Å²) < 4.78 is 0. The second kappa shape index (κ2) is 3.86. The van der Waals surface area contributed by atoms with Gasteiger partial charge in [0.25, 0.3) is 0 Å². The molecule has 1 fully saturated rings. The van der Waals surface area contributed by atoms with Crippen molar-refractivity contribution in [3.8, 4) is 0 Å². The number of ketones is 1.